The number of rotatable bonds is 5. The second-order valence-electron chi connectivity index (χ2n) is 9.86. The van der Waals surface area contributed by atoms with Gasteiger partial charge >= 0.3 is 11.9 Å². The Hall–Kier alpha value is -2.63. The van der Waals surface area contributed by atoms with Crippen LogP contribution in [0.1, 0.15) is 65.5 Å². The van der Waals surface area contributed by atoms with E-state index in [1.54, 1.807) is 12.4 Å². The zero-order valence-corrected chi connectivity index (χ0v) is 20.6. The maximum absolute atomic E-state index is 12.6. The smallest absolute Gasteiger partial charge is 0.331 e. The van der Waals surface area contributed by atoms with Crippen molar-refractivity contribution in [2.24, 2.45) is 30.7 Å². The molecule has 1 aromatic heterocycles. The Bertz CT molecular complexity index is 911. The zero-order chi connectivity index (χ0) is 24.0. The molecule has 5 atom stereocenters. The number of aryl methyl sites for hydroxylation is 1. The molecule has 33 heavy (non-hydrogen) atoms. The zero-order valence-electron chi connectivity index (χ0n) is 20.6. The summed E-state index contributed by atoms with van der Waals surface area (Å²) >= 11 is 0. The summed E-state index contributed by atoms with van der Waals surface area (Å²) in [5.74, 6) is 1.16. The second-order valence-corrected chi connectivity index (χ2v) is 9.86. The summed E-state index contributed by atoms with van der Waals surface area (Å²) < 4.78 is 13.4. The lowest BCUT2D eigenvalue weighted by molar-refractivity contribution is -0.148. The number of nitrogens with zero attached hydrogens (tertiary/aromatic N) is 2. The van der Waals surface area contributed by atoms with Crippen LogP contribution in [0, 0.1) is 23.7 Å². The van der Waals surface area contributed by atoms with Gasteiger partial charge in [0.05, 0.1) is 12.0 Å². The van der Waals surface area contributed by atoms with E-state index in [9.17, 15) is 9.59 Å². The Morgan fingerprint density at radius 1 is 1.12 bits per heavy atom. The van der Waals surface area contributed by atoms with Gasteiger partial charge in [-0.2, -0.15) is 0 Å². The fourth-order valence-corrected chi connectivity index (χ4v) is 5.33. The van der Waals surface area contributed by atoms with Crippen molar-refractivity contribution in [3.63, 3.8) is 0 Å². The van der Waals surface area contributed by atoms with Crippen LogP contribution in [0.4, 0.5) is 0 Å². The number of hydrogen-bond acceptors (Lipinski definition) is 5. The Labute approximate surface area is 197 Å². The molecule has 2 aliphatic carbocycles. The van der Waals surface area contributed by atoms with Crippen molar-refractivity contribution >= 4 is 18.0 Å². The molecule has 0 spiro atoms. The van der Waals surface area contributed by atoms with Crippen molar-refractivity contribution in [3.05, 3.63) is 48.1 Å². The van der Waals surface area contributed by atoms with Gasteiger partial charge in [-0.15, -0.1) is 0 Å². The molecule has 3 rings (SSSR count). The molecule has 0 saturated carbocycles. The van der Waals surface area contributed by atoms with E-state index in [0.717, 1.165) is 25.0 Å². The van der Waals surface area contributed by atoms with Gasteiger partial charge in [-0.3, -0.25) is 4.79 Å². The van der Waals surface area contributed by atoms with Gasteiger partial charge in [-0.25, -0.2) is 9.78 Å². The maximum Gasteiger partial charge on any atom is 0.331 e. The summed E-state index contributed by atoms with van der Waals surface area (Å²) in [6.45, 7) is 8.22. The van der Waals surface area contributed by atoms with E-state index in [1.165, 1.54) is 18.6 Å². The molecule has 0 unspecified atom stereocenters. The summed E-state index contributed by atoms with van der Waals surface area (Å²) in [5.41, 5.74) is 2.08. The quantitative estimate of drug-likeness (QED) is 0.345. The molecule has 6 heteroatoms. The number of ether oxygens (including phenoxy) is 2. The molecule has 0 fully saturated rings. The highest BCUT2D eigenvalue weighted by molar-refractivity contribution is 5.86. The monoisotopic (exact) mass is 454 g/mol. The minimum absolute atomic E-state index is 0.112. The minimum Gasteiger partial charge on any atom is -0.462 e. The number of imidazole rings is 1. The van der Waals surface area contributed by atoms with Crippen LogP contribution < -0.4 is 0 Å². The van der Waals surface area contributed by atoms with Crippen LogP contribution in [0.5, 0.6) is 0 Å². The molecule has 0 N–H and O–H groups in total. The van der Waals surface area contributed by atoms with Crippen LogP contribution in [-0.4, -0.2) is 33.7 Å². The maximum atomic E-state index is 12.6. The molecule has 0 aromatic carbocycles. The van der Waals surface area contributed by atoms with Crippen molar-refractivity contribution in [2.45, 2.75) is 72.0 Å². The molecule has 1 aromatic rings. The lowest BCUT2D eigenvalue weighted by Crippen LogP contribution is -2.37. The van der Waals surface area contributed by atoms with Crippen molar-refractivity contribution < 1.29 is 19.1 Å². The van der Waals surface area contributed by atoms with Gasteiger partial charge in [0.2, 0.25) is 0 Å². The van der Waals surface area contributed by atoms with Gasteiger partial charge in [0.25, 0.3) is 0 Å². The summed E-state index contributed by atoms with van der Waals surface area (Å²) in [7, 11) is 1.89. The topological polar surface area (TPSA) is 70.4 Å². The van der Waals surface area contributed by atoms with Crippen LogP contribution in [0.3, 0.4) is 0 Å². The molecular formula is C27H38N2O4. The van der Waals surface area contributed by atoms with Crippen LogP contribution in [0.2, 0.25) is 0 Å². The number of esters is 2. The second kappa shape index (κ2) is 11.5. The van der Waals surface area contributed by atoms with Crippen molar-refractivity contribution in [1.29, 1.82) is 0 Å². The van der Waals surface area contributed by atoms with Gasteiger partial charge in [-0.1, -0.05) is 37.6 Å². The fraction of sp³-hybridized carbons (Fsp3) is 0.593. The third kappa shape index (κ3) is 7.18. The number of hydrogen-bond donors (Lipinski definition) is 0. The van der Waals surface area contributed by atoms with Crippen LogP contribution in [0.15, 0.2) is 42.4 Å². The van der Waals surface area contributed by atoms with Gasteiger partial charge in [-0.05, 0) is 55.9 Å². The lowest BCUT2D eigenvalue weighted by atomic mass is 9.64. The molecule has 0 aliphatic heterocycles. The summed E-state index contributed by atoms with van der Waals surface area (Å²) in [6.07, 6.45) is 16.9. The first-order valence-corrected chi connectivity index (χ1v) is 12.1. The Balaban J connectivity index is 1.79. The molecule has 0 bridgehead atoms. The first kappa shape index (κ1) is 25.0. The molecule has 180 valence electrons. The standard InChI is InChI=1S/C27H38N2O4/c1-18(2)24-12-10-19(3)25-14-23(33-27(31)13-11-21-16-29(5)17-28-21)9-7-6-8-22(15-26(24)25)32-20(4)30/h6-7,10-11,13,16-18,22-26H,8-9,12,14-15H2,1-5H3/t22-,23-,24-,25+,26-/m1/s1. The summed E-state index contributed by atoms with van der Waals surface area (Å²) in [4.78, 5) is 28.5. The van der Waals surface area contributed by atoms with Gasteiger partial charge in [0.15, 0.2) is 0 Å². The average Bonchev–Trinajstić information content (AvgIpc) is 3.16. The molecule has 6 nitrogen and oxygen atoms in total. The van der Waals surface area contributed by atoms with Gasteiger partial charge < -0.3 is 14.0 Å². The Kier molecular flexibility index (Phi) is 8.70. The number of carbonyl (C=O) groups excluding carboxylic acids is 2. The predicted octanol–water partition coefficient (Wildman–Crippen LogP) is 5.26. The van der Waals surface area contributed by atoms with Crippen LogP contribution in [0.25, 0.3) is 6.08 Å². The number of allylic oxidation sites excluding steroid dienone is 2. The van der Waals surface area contributed by atoms with E-state index in [2.05, 4.69) is 44.0 Å². The normalized spacial score (nSPS) is 28.3. The fourth-order valence-electron chi connectivity index (χ4n) is 5.33. The number of carbonyl (C=O) groups is 2. The SMILES string of the molecule is CC(=O)O[C@@H]1CC=CC[C@@H](OC(=O)C=Cc2cn(C)cn2)C[C@H]2C(C)=CC[C@H](C(C)C)[C@H]2C1. The third-order valence-corrected chi connectivity index (χ3v) is 6.97. The van der Waals surface area contributed by atoms with Crippen molar-refractivity contribution in [3.8, 4) is 0 Å². The first-order valence-electron chi connectivity index (χ1n) is 12.1. The number of fused-ring (bicyclic) bond motifs is 1. The molecule has 0 radical (unpaired) electrons. The van der Waals surface area contributed by atoms with Gasteiger partial charge in [0.1, 0.15) is 12.2 Å². The predicted molar refractivity (Wildman–Crippen MR) is 129 cm³/mol. The highest BCUT2D eigenvalue weighted by atomic mass is 16.5. The van der Waals surface area contributed by atoms with Gasteiger partial charge in [0, 0.05) is 39.1 Å². The third-order valence-electron chi connectivity index (χ3n) is 6.97. The molecule has 0 saturated heterocycles. The number of aromatic nitrogens is 2. The van der Waals surface area contributed by atoms with Crippen LogP contribution >= 0.6 is 0 Å². The molecule has 0 amide bonds. The Morgan fingerprint density at radius 2 is 1.82 bits per heavy atom. The largest absolute Gasteiger partial charge is 0.462 e. The van der Waals surface area contributed by atoms with Crippen LogP contribution in [-0.2, 0) is 26.1 Å². The first-order chi connectivity index (χ1) is 15.7. The van der Waals surface area contributed by atoms with E-state index >= 15 is 0 Å². The van der Waals surface area contributed by atoms with E-state index in [4.69, 9.17) is 9.47 Å². The summed E-state index contributed by atoms with van der Waals surface area (Å²) in [5, 5.41) is 0. The van der Waals surface area contributed by atoms with E-state index in [0.29, 0.717) is 36.5 Å². The van der Waals surface area contributed by atoms with E-state index in [1.807, 2.05) is 17.8 Å². The molecule has 2 aliphatic rings. The highest BCUT2D eigenvalue weighted by Gasteiger charge is 2.38. The lowest BCUT2D eigenvalue weighted by Gasteiger charge is -2.42. The average molecular weight is 455 g/mol. The van der Waals surface area contributed by atoms with Crippen molar-refractivity contribution in [1.82, 2.24) is 9.55 Å². The summed E-state index contributed by atoms with van der Waals surface area (Å²) in [6, 6.07) is 0. The molecular weight excluding hydrogens is 416 g/mol. The minimum atomic E-state index is -0.344. The highest BCUT2D eigenvalue weighted by Crippen LogP contribution is 2.44. The van der Waals surface area contributed by atoms with Crippen molar-refractivity contribution in [2.75, 3.05) is 0 Å². The van der Waals surface area contributed by atoms with E-state index in [-0.39, 0.29) is 24.1 Å². The molecule has 1 heterocycles. The van der Waals surface area contributed by atoms with E-state index < -0.39 is 0 Å². The Morgan fingerprint density at radius 3 is 2.42 bits per heavy atom.